The molecule has 5 heteroatoms. The van der Waals surface area contributed by atoms with Gasteiger partial charge in [0.2, 0.25) is 5.76 Å². The molecule has 1 heterocycles. The highest BCUT2D eigenvalue weighted by Crippen LogP contribution is 2.05. The fourth-order valence-electron chi connectivity index (χ4n) is 0.965. The topological polar surface area (TPSA) is 89.4 Å². The molecule has 0 aliphatic heterocycles. The first-order valence-electron chi connectivity index (χ1n) is 4.24. The van der Waals surface area contributed by atoms with Crippen molar-refractivity contribution in [2.45, 2.75) is 12.6 Å². The maximum absolute atomic E-state index is 8.75. The van der Waals surface area contributed by atoms with E-state index >= 15 is 0 Å². The maximum Gasteiger partial charge on any atom is 0.203 e. The van der Waals surface area contributed by atoms with Crippen molar-refractivity contribution in [2.24, 2.45) is 0 Å². The van der Waals surface area contributed by atoms with Crippen molar-refractivity contribution < 1.29 is 14.6 Å². The average molecular weight is 196 g/mol. The van der Waals surface area contributed by atoms with Crippen LogP contribution in [-0.2, 0) is 6.54 Å². The zero-order valence-corrected chi connectivity index (χ0v) is 7.60. The Kier molecular flexibility index (Phi) is 4.13. The molecule has 0 aromatic carbocycles. The van der Waals surface area contributed by atoms with Crippen molar-refractivity contribution in [1.82, 2.24) is 5.32 Å². The van der Waals surface area contributed by atoms with E-state index in [9.17, 15) is 0 Å². The predicted octanol–water partition coefficient (Wildman–Crippen LogP) is -0.406. The Labute approximate surface area is 81.6 Å². The third-order valence-electron chi connectivity index (χ3n) is 1.78. The van der Waals surface area contributed by atoms with E-state index in [-0.39, 0.29) is 25.0 Å². The van der Waals surface area contributed by atoms with E-state index in [1.807, 2.05) is 6.07 Å². The third-order valence-corrected chi connectivity index (χ3v) is 1.78. The van der Waals surface area contributed by atoms with Crippen LogP contribution < -0.4 is 5.32 Å². The summed E-state index contributed by atoms with van der Waals surface area (Å²) in [6, 6.07) is 4.77. The summed E-state index contributed by atoms with van der Waals surface area (Å²) >= 11 is 0. The van der Waals surface area contributed by atoms with Crippen LogP contribution in [0.15, 0.2) is 16.5 Å². The van der Waals surface area contributed by atoms with Crippen molar-refractivity contribution in [2.75, 3.05) is 13.2 Å². The summed E-state index contributed by atoms with van der Waals surface area (Å²) in [6.45, 7) is 0.109. The molecular formula is C9H12N2O3. The Balaban J connectivity index is 2.41. The zero-order valence-electron chi connectivity index (χ0n) is 7.60. The van der Waals surface area contributed by atoms with Gasteiger partial charge in [-0.25, -0.2) is 0 Å². The highest BCUT2D eigenvalue weighted by atomic mass is 16.3. The van der Waals surface area contributed by atoms with Crippen LogP contribution in [0.1, 0.15) is 11.5 Å². The standard InChI is InChI=1S/C9H12N2O3/c10-3-8-1-2-9(14-8)4-11-7(5-12)6-13/h1-2,7,11-13H,4-6H2. The predicted molar refractivity (Wildman–Crippen MR) is 48.2 cm³/mol. The Hall–Kier alpha value is -1.35. The summed E-state index contributed by atoms with van der Waals surface area (Å²) in [7, 11) is 0. The lowest BCUT2D eigenvalue weighted by Crippen LogP contribution is -2.35. The van der Waals surface area contributed by atoms with Gasteiger partial charge in [-0.3, -0.25) is 0 Å². The highest BCUT2D eigenvalue weighted by molar-refractivity contribution is 5.18. The third kappa shape index (κ3) is 2.85. The van der Waals surface area contributed by atoms with Crippen molar-refractivity contribution >= 4 is 0 Å². The van der Waals surface area contributed by atoms with Gasteiger partial charge in [0.15, 0.2) is 0 Å². The first-order chi connectivity index (χ1) is 6.80. The molecule has 1 aromatic heterocycles. The number of nitriles is 1. The summed E-state index contributed by atoms with van der Waals surface area (Å²) in [6.07, 6.45) is 0. The van der Waals surface area contributed by atoms with Crippen LogP contribution >= 0.6 is 0 Å². The molecule has 0 bridgehead atoms. The van der Waals surface area contributed by atoms with Crippen LogP contribution in [0, 0.1) is 11.3 Å². The molecule has 0 radical (unpaired) electrons. The van der Waals surface area contributed by atoms with E-state index in [2.05, 4.69) is 5.32 Å². The van der Waals surface area contributed by atoms with E-state index in [1.54, 1.807) is 12.1 Å². The van der Waals surface area contributed by atoms with Crippen LogP contribution in [0.25, 0.3) is 0 Å². The Morgan fingerprint density at radius 3 is 2.64 bits per heavy atom. The molecule has 0 saturated carbocycles. The molecule has 0 unspecified atom stereocenters. The van der Waals surface area contributed by atoms with Crippen molar-refractivity contribution in [3.05, 3.63) is 23.7 Å². The molecule has 76 valence electrons. The van der Waals surface area contributed by atoms with Crippen molar-refractivity contribution in [1.29, 1.82) is 5.26 Å². The van der Waals surface area contributed by atoms with Gasteiger partial charge in [-0.05, 0) is 12.1 Å². The number of rotatable bonds is 5. The molecule has 0 spiro atoms. The van der Waals surface area contributed by atoms with Gasteiger partial charge >= 0.3 is 0 Å². The second-order valence-electron chi connectivity index (χ2n) is 2.82. The fraction of sp³-hybridized carbons (Fsp3) is 0.444. The minimum absolute atomic E-state index is 0.137. The Morgan fingerprint density at radius 1 is 1.43 bits per heavy atom. The number of hydrogen-bond donors (Lipinski definition) is 3. The highest BCUT2D eigenvalue weighted by Gasteiger charge is 2.06. The number of hydrogen-bond acceptors (Lipinski definition) is 5. The van der Waals surface area contributed by atoms with Crippen LogP contribution in [0.4, 0.5) is 0 Å². The molecule has 14 heavy (non-hydrogen) atoms. The molecule has 0 aliphatic rings. The minimum atomic E-state index is -0.356. The average Bonchev–Trinajstić information content (AvgIpc) is 2.67. The van der Waals surface area contributed by atoms with E-state index in [0.717, 1.165) is 0 Å². The summed E-state index contributed by atoms with van der Waals surface area (Å²) < 4.78 is 5.09. The molecule has 3 N–H and O–H groups in total. The summed E-state index contributed by atoms with van der Waals surface area (Å²) in [5, 5.41) is 28.8. The lowest BCUT2D eigenvalue weighted by Gasteiger charge is -2.11. The van der Waals surface area contributed by atoms with Crippen LogP contribution in [0.5, 0.6) is 0 Å². The van der Waals surface area contributed by atoms with Crippen molar-refractivity contribution in [3.63, 3.8) is 0 Å². The van der Waals surface area contributed by atoms with Gasteiger partial charge in [0.1, 0.15) is 11.8 Å². The number of nitrogens with one attached hydrogen (secondary N) is 1. The summed E-state index contributed by atoms with van der Waals surface area (Å²) in [5.74, 6) is 0.861. The van der Waals surface area contributed by atoms with E-state index in [1.165, 1.54) is 0 Å². The second-order valence-corrected chi connectivity index (χ2v) is 2.82. The first kappa shape index (κ1) is 10.7. The Morgan fingerprint density at radius 2 is 2.14 bits per heavy atom. The molecule has 1 aromatic rings. The number of aliphatic hydroxyl groups is 2. The van der Waals surface area contributed by atoms with Gasteiger partial charge < -0.3 is 19.9 Å². The van der Waals surface area contributed by atoms with Crippen LogP contribution in [-0.4, -0.2) is 29.5 Å². The zero-order chi connectivity index (χ0) is 10.4. The minimum Gasteiger partial charge on any atom is -0.449 e. The lowest BCUT2D eigenvalue weighted by molar-refractivity contribution is 0.168. The van der Waals surface area contributed by atoms with Crippen molar-refractivity contribution in [3.8, 4) is 6.07 Å². The molecule has 0 amide bonds. The first-order valence-corrected chi connectivity index (χ1v) is 4.24. The van der Waals surface area contributed by atoms with Gasteiger partial charge in [-0.2, -0.15) is 5.26 Å². The van der Waals surface area contributed by atoms with Gasteiger partial charge in [0, 0.05) is 0 Å². The molecule has 0 fully saturated rings. The largest absolute Gasteiger partial charge is 0.449 e. The van der Waals surface area contributed by atoms with Gasteiger partial charge in [-0.1, -0.05) is 0 Å². The van der Waals surface area contributed by atoms with E-state index in [4.69, 9.17) is 19.9 Å². The summed E-state index contributed by atoms with van der Waals surface area (Å²) in [4.78, 5) is 0. The number of nitrogens with zero attached hydrogens (tertiary/aromatic N) is 1. The molecular weight excluding hydrogens is 184 g/mol. The number of furan rings is 1. The lowest BCUT2D eigenvalue weighted by atomic mass is 10.3. The van der Waals surface area contributed by atoms with Gasteiger partial charge in [0.25, 0.3) is 0 Å². The Bertz CT molecular complexity index is 312. The van der Waals surface area contributed by atoms with E-state index < -0.39 is 0 Å². The normalized spacial score (nSPS) is 10.4. The van der Waals surface area contributed by atoms with E-state index in [0.29, 0.717) is 12.3 Å². The smallest absolute Gasteiger partial charge is 0.203 e. The monoisotopic (exact) mass is 196 g/mol. The maximum atomic E-state index is 8.75. The number of aliphatic hydroxyl groups excluding tert-OH is 2. The summed E-state index contributed by atoms with van der Waals surface area (Å²) in [5.41, 5.74) is 0. The molecule has 0 atom stereocenters. The molecule has 1 rings (SSSR count). The SMILES string of the molecule is N#Cc1ccc(CNC(CO)CO)o1. The second kappa shape index (κ2) is 5.40. The van der Waals surface area contributed by atoms with Crippen LogP contribution in [0.3, 0.4) is 0 Å². The molecule has 0 saturated heterocycles. The molecule has 0 aliphatic carbocycles. The quantitative estimate of drug-likeness (QED) is 0.596. The fourth-order valence-corrected chi connectivity index (χ4v) is 0.965. The van der Waals surface area contributed by atoms with Gasteiger partial charge in [-0.15, -0.1) is 0 Å². The molecule has 5 nitrogen and oxygen atoms in total. The van der Waals surface area contributed by atoms with Crippen LogP contribution in [0.2, 0.25) is 0 Å². The van der Waals surface area contributed by atoms with Gasteiger partial charge in [0.05, 0.1) is 25.8 Å².